The Hall–Kier alpha value is -2.65. The molecular weight excluding hydrogens is 392 g/mol. The minimum Gasteiger partial charge on any atom is -0.371 e. The first kappa shape index (κ1) is 19.1. The number of aromatic amines is 1. The van der Waals surface area contributed by atoms with Gasteiger partial charge in [0.15, 0.2) is 11.6 Å². The highest BCUT2D eigenvalue weighted by Gasteiger charge is 2.37. The van der Waals surface area contributed by atoms with Gasteiger partial charge >= 0.3 is 0 Å². The number of likely N-dealkylation sites (N-methyl/N-ethyl adjacent to an activating group) is 1. The molecule has 3 fully saturated rings. The smallest absolute Gasteiger partial charge is 0.179 e. The standard InChI is InChI=1S/C22H30N8O/c1-22(2)14-27(3)8-9-29(22)18-10-20(28-12-15-4-5-16(13-28)31-15)26-30-19(18)11-23-21(30)17-6-7-24-25-17/h6-7,10-11,15-16H,4-5,8-9,12-14H2,1-3H3,(H,24,25). The van der Waals surface area contributed by atoms with Crippen molar-refractivity contribution in [1.29, 1.82) is 0 Å². The molecule has 0 aliphatic carbocycles. The molecule has 3 aromatic heterocycles. The monoisotopic (exact) mass is 422 g/mol. The summed E-state index contributed by atoms with van der Waals surface area (Å²) in [6.07, 6.45) is 6.62. The summed E-state index contributed by atoms with van der Waals surface area (Å²) in [5, 5.41) is 12.2. The summed E-state index contributed by atoms with van der Waals surface area (Å²) in [5.74, 6) is 1.79. The normalized spacial score (nSPS) is 26.2. The van der Waals surface area contributed by atoms with Crippen LogP contribution in [-0.2, 0) is 4.74 Å². The molecule has 9 nitrogen and oxygen atoms in total. The van der Waals surface area contributed by atoms with Gasteiger partial charge in [-0.1, -0.05) is 0 Å². The molecule has 2 bridgehead atoms. The zero-order chi connectivity index (χ0) is 21.2. The van der Waals surface area contributed by atoms with Crippen LogP contribution in [0, 0.1) is 0 Å². The third kappa shape index (κ3) is 3.18. The highest BCUT2D eigenvalue weighted by Crippen LogP contribution is 2.36. The lowest BCUT2D eigenvalue weighted by Gasteiger charge is -2.47. The lowest BCUT2D eigenvalue weighted by Crippen LogP contribution is -2.58. The van der Waals surface area contributed by atoms with Crippen LogP contribution in [0.1, 0.15) is 26.7 Å². The molecule has 6 heterocycles. The van der Waals surface area contributed by atoms with Crippen molar-refractivity contribution in [2.24, 2.45) is 0 Å². The van der Waals surface area contributed by atoms with Crippen LogP contribution in [0.2, 0.25) is 0 Å². The second kappa shape index (κ2) is 6.93. The number of H-pyrrole nitrogens is 1. The van der Waals surface area contributed by atoms with Gasteiger partial charge < -0.3 is 19.4 Å². The number of morpholine rings is 1. The summed E-state index contributed by atoms with van der Waals surface area (Å²) >= 11 is 0. The molecule has 3 saturated heterocycles. The van der Waals surface area contributed by atoms with Gasteiger partial charge in [-0.2, -0.15) is 5.10 Å². The first-order valence-corrected chi connectivity index (χ1v) is 11.2. The summed E-state index contributed by atoms with van der Waals surface area (Å²) in [5.41, 5.74) is 3.10. The Labute approximate surface area is 182 Å². The van der Waals surface area contributed by atoms with Crippen LogP contribution in [0.5, 0.6) is 0 Å². The molecule has 3 aromatic rings. The maximum Gasteiger partial charge on any atom is 0.179 e. The Balaban J connectivity index is 1.50. The first-order valence-electron chi connectivity index (χ1n) is 11.2. The Bertz CT molecular complexity index is 1080. The Morgan fingerprint density at radius 3 is 2.68 bits per heavy atom. The van der Waals surface area contributed by atoms with Crippen molar-refractivity contribution in [2.75, 3.05) is 49.6 Å². The van der Waals surface area contributed by atoms with E-state index in [1.54, 1.807) is 6.20 Å². The number of fused-ring (bicyclic) bond motifs is 3. The van der Waals surface area contributed by atoms with Gasteiger partial charge in [0.25, 0.3) is 0 Å². The Morgan fingerprint density at radius 2 is 1.97 bits per heavy atom. The van der Waals surface area contributed by atoms with E-state index in [4.69, 9.17) is 14.8 Å². The number of anilines is 2. The van der Waals surface area contributed by atoms with E-state index in [1.165, 1.54) is 5.69 Å². The number of nitrogens with zero attached hydrogens (tertiary/aromatic N) is 7. The van der Waals surface area contributed by atoms with E-state index < -0.39 is 0 Å². The second-order valence-corrected chi connectivity index (χ2v) is 9.80. The van der Waals surface area contributed by atoms with Gasteiger partial charge in [-0.05, 0) is 39.8 Å². The van der Waals surface area contributed by atoms with E-state index >= 15 is 0 Å². The molecule has 0 saturated carbocycles. The summed E-state index contributed by atoms with van der Waals surface area (Å²) in [6, 6.07) is 4.21. The van der Waals surface area contributed by atoms with Gasteiger partial charge in [0.1, 0.15) is 11.2 Å². The molecule has 1 N–H and O–H groups in total. The van der Waals surface area contributed by atoms with Crippen molar-refractivity contribution in [1.82, 2.24) is 29.7 Å². The fourth-order valence-electron chi connectivity index (χ4n) is 5.53. The van der Waals surface area contributed by atoms with Crippen LogP contribution >= 0.6 is 0 Å². The zero-order valence-corrected chi connectivity index (χ0v) is 18.5. The molecule has 164 valence electrons. The number of aromatic nitrogens is 5. The van der Waals surface area contributed by atoms with Gasteiger partial charge in [-0.15, -0.1) is 5.10 Å². The number of hydrogen-bond acceptors (Lipinski definition) is 7. The largest absolute Gasteiger partial charge is 0.371 e. The second-order valence-electron chi connectivity index (χ2n) is 9.80. The molecule has 6 rings (SSSR count). The van der Waals surface area contributed by atoms with Gasteiger partial charge in [0, 0.05) is 50.5 Å². The number of piperazine rings is 1. The minimum atomic E-state index is 0.00850. The highest BCUT2D eigenvalue weighted by atomic mass is 16.5. The number of rotatable bonds is 3. The van der Waals surface area contributed by atoms with E-state index in [2.05, 4.69) is 51.9 Å². The summed E-state index contributed by atoms with van der Waals surface area (Å²) in [7, 11) is 2.20. The van der Waals surface area contributed by atoms with Gasteiger partial charge in [0.2, 0.25) is 0 Å². The Kier molecular flexibility index (Phi) is 4.26. The molecular formula is C22H30N8O. The van der Waals surface area contributed by atoms with Crippen LogP contribution in [0.15, 0.2) is 24.5 Å². The molecule has 2 atom stereocenters. The van der Waals surface area contributed by atoms with Crippen molar-refractivity contribution in [3.05, 3.63) is 24.5 Å². The molecule has 2 unspecified atom stereocenters. The van der Waals surface area contributed by atoms with Crippen LogP contribution in [-0.4, -0.2) is 87.2 Å². The molecule has 3 aliphatic heterocycles. The summed E-state index contributed by atoms with van der Waals surface area (Å²) in [4.78, 5) is 12.1. The van der Waals surface area contributed by atoms with Crippen molar-refractivity contribution in [3.63, 3.8) is 0 Å². The number of nitrogens with one attached hydrogen (secondary N) is 1. The number of ether oxygens (including phenoxy) is 1. The van der Waals surface area contributed by atoms with Crippen molar-refractivity contribution in [3.8, 4) is 11.5 Å². The van der Waals surface area contributed by atoms with Gasteiger partial charge in [0.05, 0.1) is 24.1 Å². The van der Waals surface area contributed by atoms with Crippen LogP contribution < -0.4 is 9.80 Å². The van der Waals surface area contributed by atoms with E-state index in [0.717, 1.165) is 68.4 Å². The quantitative estimate of drug-likeness (QED) is 0.692. The minimum absolute atomic E-state index is 0.00850. The lowest BCUT2D eigenvalue weighted by molar-refractivity contribution is 0.0301. The van der Waals surface area contributed by atoms with Crippen LogP contribution in [0.25, 0.3) is 17.0 Å². The van der Waals surface area contributed by atoms with E-state index in [-0.39, 0.29) is 5.54 Å². The fourth-order valence-corrected chi connectivity index (χ4v) is 5.53. The molecule has 9 heteroatoms. The third-order valence-electron chi connectivity index (χ3n) is 6.96. The molecule has 0 radical (unpaired) electrons. The lowest BCUT2D eigenvalue weighted by atomic mass is 9.98. The maximum atomic E-state index is 6.08. The molecule has 0 spiro atoms. The number of imidazole rings is 1. The molecule has 3 aliphatic rings. The predicted octanol–water partition coefficient (Wildman–Crippen LogP) is 2.02. The molecule has 31 heavy (non-hydrogen) atoms. The first-order chi connectivity index (χ1) is 15.0. The van der Waals surface area contributed by atoms with Crippen molar-refractivity contribution in [2.45, 2.75) is 44.4 Å². The predicted molar refractivity (Wildman–Crippen MR) is 120 cm³/mol. The van der Waals surface area contributed by atoms with Crippen LogP contribution in [0.4, 0.5) is 11.5 Å². The average Bonchev–Trinajstić information content (AvgIpc) is 3.46. The maximum absolute atomic E-state index is 6.08. The Morgan fingerprint density at radius 1 is 1.16 bits per heavy atom. The van der Waals surface area contributed by atoms with E-state index in [9.17, 15) is 0 Å². The fraction of sp³-hybridized carbons (Fsp3) is 0.591. The van der Waals surface area contributed by atoms with E-state index in [1.807, 2.05) is 16.8 Å². The highest BCUT2D eigenvalue weighted by molar-refractivity contribution is 5.78. The SMILES string of the molecule is CN1CCN(c2cc(N3CC4CCC(C3)O4)nn3c(-c4ccn[nH]4)ncc23)C(C)(C)C1. The van der Waals surface area contributed by atoms with Gasteiger partial charge in [-0.25, -0.2) is 9.50 Å². The topological polar surface area (TPSA) is 77.8 Å². The summed E-state index contributed by atoms with van der Waals surface area (Å²) < 4.78 is 8.07. The average molecular weight is 423 g/mol. The van der Waals surface area contributed by atoms with Gasteiger partial charge in [-0.3, -0.25) is 5.10 Å². The zero-order valence-electron chi connectivity index (χ0n) is 18.5. The number of hydrogen-bond donors (Lipinski definition) is 1. The van der Waals surface area contributed by atoms with Crippen molar-refractivity contribution < 1.29 is 4.74 Å². The van der Waals surface area contributed by atoms with Crippen molar-refractivity contribution >= 4 is 17.0 Å². The van der Waals surface area contributed by atoms with E-state index in [0.29, 0.717) is 12.2 Å². The summed E-state index contributed by atoms with van der Waals surface area (Å²) in [6.45, 7) is 9.46. The molecule has 0 amide bonds. The third-order valence-corrected chi connectivity index (χ3v) is 6.96. The van der Waals surface area contributed by atoms with Crippen LogP contribution in [0.3, 0.4) is 0 Å². The molecule has 0 aromatic carbocycles.